The number of thiocarbonyl (C=S) groups is 1. The fourth-order valence-electron chi connectivity index (χ4n) is 2.71. The van der Waals surface area contributed by atoms with Gasteiger partial charge in [0.1, 0.15) is 5.69 Å². The topological polar surface area (TPSA) is 71.4 Å². The summed E-state index contributed by atoms with van der Waals surface area (Å²) < 4.78 is 6.99. The first-order valence-corrected chi connectivity index (χ1v) is 9.13. The molecule has 1 aliphatic heterocycles. The smallest absolute Gasteiger partial charge is 0.274 e. The molecule has 0 spiro atoms. The zero-order valence-corrected chi connectivity index (χ0v) is 15.9. The largest absolute Gasteiger partial charge is 0.378 e. The van der Waals surface area contributed by atoms with Gasteiger partial charge < -0.3 is 20.3 Å². The maximum Gasteiger partial charge on any atom is 0.274 e. The molecule has 1 aromatic heterocycles. The van der Waals surface area contributed by atoms with Crippen molar-refractivity contribution >= 4 is 46.2 Å². The van der Waals surface area contributed by atoms with Crippen LogP contribution in [-0.2, 0) is 11.3 Å². The van der Waals surface area contributed by atoms with E-state index >= 15 is 0 Å². The Morgan fingerprint density at radius 3 is 2.81 bits per heavy atom. The third-order valence-electron chi connectivity index (χ3n) is 3.97. The number of rotatable bonds is 4. The van der Waals surface area contributed by atoms with E-state index in [4.69, 9.17) is 28.6 Å². The van der Waals surface area contributed by atoms with Gasteiger partial charge in [0.05, 0.1) is 25.1 Å². The van der Waals surface area contributed by atoms with Gasteiger partial charge in [0.2, 0.25) is 0 Å². The van der Waals surface area contributed by atoms with E-state index in [1.807, 2.05) is 19.1 Å². The zero-order chi connectivity index (χ0) is 18.5. The van der Waals surface area contributed by atoms with Crippen molar-refractivity contribution in [1.29, 1.82) is 0 Å². The van der Waals surface area contributed by atoms with Crippen LogP contribution in [-0.4, -0.2) is 52.0 Å². The normalized spacial score (nSPS) is 14.2. The molecule has 1 aliphatic rings. The lowest BCUT2D eigenvalue weighted by atomic mass is 10.3. The Morgan fingerprint density at radius 2 is 2.12 bits per heavy atom. The summed E-state index contributed by atoms with van der Waals surface area (Å²) in [6.07, 6.45) is 1.61. The lowest BCUT2D eigenvalue weighted by molar-refractivity contribution is 0.0295. The molecule has 7 nitrogen and oxygen atoms in total. The number of amides is 1. The van der Waals surface area contributed by atoms with E-state index in [9.17, 15) is 4.79 Å². The summed E-state index contributed by atoms with van der Waals surface area (Å²) in [5.74, 6) is -0.0827. The second-order valence-corrected chi connectivity index (χ2v) is 6.56. The van der Waals surface area contributed by atoms with Gasteiger partial charge in [0.15, 0.2) is 5.11 Å². The number of ether oxygens (including phenoxy) is 1. The van der Waals surface area contributed by atoms with Crippen LogP contribution < -0.4 is 10.6 Å². The quantitative estimate of drug-likeness (QED) is 0.778. The molecule has 0 aliphatic carbocycles. The number of benzene rings is 1. The molecule has 0 saturated carbocycles. The van der Waals surface area contributed by atoms with Crippen LogP contribution in [0, 0.1) is 0 Å². The summed E-state index contributed by atoms with van der Waals surface area (Å²) in [4.78, 5) is 14.7. The summed E-state index contributed by atoms with van der Waals surface area (Å²) in [6.45, 7) is 4.75. The van der Waals surface area contributed by atoms with Gasteiger partial charge in [0.25, 0.3) is 5.91 Å². The van der Waals surface area contributed by atoms with E-state index in [2.05, 4.69) is 15.7 Å². The molecule has 26 heavy (non-hydrogen) atoms. The van der Waals surface area contributed by atoms with Crippen LogP contribution in [0.4, 0.5) is 11.4 Å². The number of anilines is 2. The molecule has 2 aromatic rings. The number of halogens is 1. The molecule has 1 fully saturated rings. The van der Waals surface area contributed by atoms with E-state index in [-0.39, 0.29) is 5.91 Å². The van der Waals surface area contributed by atoms with Crippen molar-refractivity contribution < 1.29 is 9.53 Å². The lowest BCUT2D eigenvalue weighted by Crippen LogP contribution is -2.41. The molecule has 0 bridgehead atoms. The molecule has 1 amide bonds. The summed E-state index contributed by atoms with van der Waals surface area (Å²) in [7, 11) is 0. The van der Waals surface area contributed by atoms with Crippen molar-refractivity contribution in [2.45, 2.75) is 13.5 Å². The van der Waals surface area contributed by atoms with Crippen LogP contribution in [0.5, 0.6) is 0 Å². The van der Waals surface area contributed by atoms with Gasteiger partial charge >= 0.3 is 0 Å². The minimum atomic E-state index is -0.0827. The van der Waals surface area contributed by atoms with E-state index in [0.717, 1.165) is 5.69 Å². The first kappa shape index (κ1) is 18.6. The number of carbonyl (C=O) groups excluding carboxylic acids is 1. The van der Waals surface area contributed by atoms with Gasteiger partial charge in [-0.25, -0.2) is 0 Å². The van der Waals surface area contributed by atoms with E-state index < -0.39 is 0 Å². The Hall–Kier alpha value is -2.16. The van der Waals surface area contributed by atoms with Gasteiger partial charge in [0, 0.05) is 30.3 Å². The molecular formula is C17H20ClN5O2S. The first-order valence-electron chi connectivity index (χ1n) is 8.35. The highest BCUT2D eigenvalue weighted by atomic mass is 35.5. The predicted octanol–water partition coefficient (Wildman–Crippen LogP) is 2.84. The highest BCUT2D eigenvalue weighted by molar-refractivity contribution is 7.80. The Balaban J connectivity index is 1.76. The molecule has 1 aromatic carbocycles. The summed E-state index contributed by atoms with van der Waals surface area (Å²) in [5, 5.41) is 11.4. The number of hydrogen-bond donors (Lipinski definition) is 2. The molecule has 0 unspecified atom stereocenters. The average Bonchev–Trinajstić information content (AvgIpc) is 3.04. The van der Waals surface area contributed by atoms with Crippen LogP contribution in [0.25, 0.3) is 0 Å². The number of hydrogen-bond acceptors (Lipinski definition) is 4. The molecule has 0 radical (unpaired) electrons. The monoisotopic (exact) mass is 393 g/mol. The van der Waals surface area contributed by atoms with Crippen LogP contribution in [0.1, 0.15) is 17.4 Å². The number of carbonyl (C=O) groups is 1. The molecule has 9 heteroatoms. The average molecular weight is 394 g/mol. The van der Waals surface area contributed by atoms with Gasteiger partial charge in [-0.3, -0.25) is 9.48 Å². The Morgan fingerprint density at radius 1 is 1.35 bits per heavy atom. The second kappa shape index (κ2) is 8.48. The second-order valence-electron chi connectivity index (χ2n) is 5.72. The Bertz CT molecular complexity index is 804. The van der Waals surface area contributed by atoms with Crippen LogP contribution in [0.2, 0.25) is 5.02 Å². The van der Waals surface area contributed by atoms with Crippen molar-refractivity contribution in [3.05, 3.63) is 41.2 Å². The zero-order valence-electron chi connectivity index (χ0n) is 14.4. The van der Waals surface area contributed by atoms with Gasteiger partial charge in [-0.2, -0.15) is 5.10 Å². The minimum absolute atomic E-state index is 0.0827. The van der Waals surface area contributed by atoms with E-state index in [1.165, 1.54) is 0 Å². The van der Waals surface area contributed by atoms with Crippen LogP contribution >= 0.6 is 23.8 Å². The Kier molecular flexibility index (Phi) is 6.08. The first-order chi connectivity index (χ1) is 12.6. The molecule has 2 N–H and O–H groups in total. The Labute approximate surface area is 162 Å². The third kappa shape index (κ3) is 4.32. The number of morpholine rings is 1. The summed E-state index contributed by atoms with van der Waals surface area (Å²) in [6, 6.07) is 7.24. The summed E-state index contributed by atoms with van der Waals surface area (Å²) >= 11 is 11.3. The number of aromatic nitrogens is 2. The molecular weight excluding hydrogens is 374 g/mol. The maximum absolute atomic E-state index is 12.9. The highest BCUT2D eigenvalue weighted by Gasteiger charge is 2.25. The summed E-state index contributed by atoms with van der Waals surface area (Å²) in [5.41, 5.74) is 1.83. The third-order valence-corrected chi connectivity index (χ3v) is 4.41. The minimum Gasteiger partial charge on any atom is -0.378 e. The van der Waals surface area contributed by atoms with Gasteiger partial charge in [-0.05, 0) is 37.3 Å². The van der Waals surface area contributed by atoms with Crippen molar-refractivity contribution in [3.63, 3.8) is 0 Å². The molecule has 138 valence electrons. The number of nitrogens with zero attached hydrogens (tertiary/aromatic N) is 3. The van der Waals surface area contributed by atoms with Crippen molar-refractivity contribution in [2.24, 2.45) is 0 Å². The van der Waals surface area contributed by atoms with E-state index in [1.54, 1.807) is 27.9 Å². The van der Waals surface area contributed by atoms with Crippen molar-refractivity contribution in [2.75, 3.05) is 36.9 Å². The van der Waals surface area contributed by atoms with Crippen molar-refractivity contribution in [3.8, 4) is 0 Å². The predicted molar refractivity (Wildman–Crippen MR) is 106 cm³/mol. The van der Waals surface area contributed by atoms with Gasteiger partial charge in [-0.15, -0.1) is 0 Å². The molecule has 0 atom stereocenters. The van der Waals surface area contributed by atoms with Crippen LogP contribution in [0.15, 0.2) is 30.5 Å². The maximum atomic E-state index is 12.9. The molecule has 1 saturated heterocycles. The van der Waals surface area contributed by atoms with E-state index in [0.29, 0.717) is 54.4 Å². The highest BCUT2D eigenvalue weighted by Crippen LogP contribution is 2.20. The fraction of sp³-hybridized carbons (Fsp3) is 0.353. The van der Waals surface area contributed by atoms with Crippen molar-refractivity contribution in [1.82, 2.24) is 14.7 Å². The number of nitrogens with one attached hydrogen (secondary N) is 2. The lowest BCUT2D eigenvalue weighted by Gasteiger charge is -2.27. The standard InChI is InChI=1S/C17H20ClN5O2S/c1-2-23-15(16(24)22-6-8-25-9-7-22)14(11-19-23)21-17(26)20-13-5-3-4-12(18)10-13/h3-5,10-11H,2,6-9H2,1H3,(H2,20,21,26). The SMILES string of the molecule is CCn1ncc(NC(=S)Nc2cccc(Cl)c2)c1C(=O)N1CCOCC1. The fourth-order valence-corrected chi connectivity index (χ4v) is 3.13. The van der Waals surface area contributed by atoms with Crippen LogP contribution in [0.3, 0.4) is 0 Å². The number of aryl methyl sites for hydroxylation is 1. The molecule has 2 heterocycles. The molecule has 3 rings (SSSR count). The van der Waals surface area contributed by atoms with Gasteiger partial charge in [-0.1, -0.05) is 17.7 Å².